The van der Waals surface area contributed by atoms with Crippen molar-refractivity contribution in [2.24, 2.45) is 0 Å². The zero-order chi connectivity index (χ0) is 26.0. The minimum absolute atomic E-state index is 0.00274. The van der Waals surface area contributed by atoms with Crippen LogP contribution < -0.4 is 20.5 Å². The summed E-state index contributed by atoms with van der Waals surface area (Å²) in [5.74, 6) is -3.62. The Hall–Kier alpha value is -4.27. The van der Waals surface area contributed by atoms with Gasteiger partial charge in [0.2, 0.25) is 11.7 Å². The number of anilines is 2. The fourth-order valence-electron chi connectivity index (χ4n) is 3.91. The van der Waals surface area contributed by atoms with Crippen molar-refractivity contribution >= 4 is 35.2 Å². The van der Waals surface area contributed by atoms with Crippen molar-refractivity contribution in [3.63, 3.8) is 0 Å². The van der Waals surface area contributed by atoms with Crippen molar-refractivity contribution in [1.82, 2.24) is 15.8 Å². The Balaban J connectivity index is 1.44. The summed E-state index contributed by atoms with van der Waals surface area (Å²) in [6.07, 6.45) is -1.45. The number of benzene rings is 1. The molecule has 13 nitrogen and oxygen atoms in total. The molecule has 36 heavy (non-hydrogen) atoms. The maximum absolute atomic E-state index is 15.1. The molecule has 1 aromatic heterocycles. The highest BCUT2D eigenvalue weighted by Gasteiger charge is 2.34. The SMILES string of the molecule is CC(=O)NCC1CN(c2cc(F)c(N3CCNN(C(=O)c4ccc([N+](=O)[O-])o4)CC3)c(F)c2)C(=O)O1. The first kappa shape index (κ1) is 24.8. The van der Waals surface area contributed by atoms with Crippen molar-refractivity contribution in [2.45, 2.75) is 13.0 Å². The van der Waals surface area contributed by atoms with Gasteiger partial charge in [0.25, 0.3) is 0 Å². The van der Waals surface area contributed by atoms with Crippen molar-refractivity contribution in [1.29, 1.82) is 0 Å². The van der Waals surface area contributed by atoms with E-state index in [2.05, 4.69) is 10.7 Å². The van der Waals surface area contributed by atoms with Gasteiger partial charge >= 0.3 is 17.9 Å². The predicted octanol–water partition coefficient (Wildman–Crippen LogP) is 1.39. The highest BCUT2D eigenvalue weighted by atomic mass is 19.1. The quantitative estimate of drug-likeness (QED) is 0.436. The van der Waals surface area contributed by atoms with Gasteiger partial charge in [-0.15, -0.1) is 0 Å². The van der Waals surface area contributed by atoms with E-state index < -0.39 is 40.5 Å². The van der Waals surface area contributed by atoms with Crippen molar-refractivity contribution < 1.29 is 37.2 Å². The van der Waals surface area contributed by atoms with Gasteiger partial charge in [-0.25, -0.2) is 19.0 Å². The fourth-order valence-corrected chi connectivity index (χ4v) is 3.91. The van der Waals surface area contributed by atoms with Gasteiger partial charge in [0.15, 0.2) is 11.6 Å². The van der Waals surface area contributed by atoms with E-state index in [-0.39, 0.29) is 62.3 Å². The van der Waals surface area contributed by atoms with Crippen LogP contribution in [0.25, 0.3) is 0 Å². The van der Waals surface area contributed by atoms with Crippen LogP contribution in [0.3, 0.4) is 0 Å². The summed E-state index contributed by atoms with van der Waals surface area (Å²) in [4.78, 5) is 48.3. The lowest BCUT2D eigenvalue weighted by Gasteiger charge is -2.25. The molecule has 4 rings (SSSR count). The molecule has 2 aromatic rings. The molecule has 15 heteroatoms. The second-order valence-corrected chi connectivity index (χ2v) is 8.06. The number of rotatable bonds is 6. The second kappa shape index (κ2) is 10.2. The summed E-state index contributed by atoms with van der Waals surface area (Å²) >= 11 is 0. The molecule has 2 aliphatic rings. The third kappa shape index (κ3) is 5.19. The fraction of sp³-hybridized carbons (Fsp3) is 0.381. The molecule has 0 spiro atoms. The number of nitro groups is 1. The number of carbonyl (C=O) groups excluding carboxylic acids is 3. The second-order valence-electron chi connectivity index (χ2n) is 8.06. The molecule has 2 N–H and O–H groups in total. The van der Waals surface area contributed by atoms with E-state index in [9.17, 15) is 24.5 Å². The maximum Gasteiger partial charge on any atom is 0.433 e. The molecule has 1 atom stereocenters. The first-order valence-electron chi connectivity index (χ1n) is 10.9. The number of ether oxygens (including phenoxy) is 1. The number of furan rings is 1. The number of carbonyl (C=O) groups is 3. The molecule has 0 radical (unpaired) electrons. The number of nitrogens with zero attached hydrogens (tertiary/aromatic N) is 4. The van der Waals surface area contributed by atoms with Crippen molar-refractivity contribution in [3.8, 4) is 0 Å². The summed E-state index contributed by atoms with van der Waals surface area (Å²) in [7, 11) is 0. The van der Waals surface area contributed by atoms with Crippen LogP contribution in [-0.4, -0.2) is 73.2 Å². The third-order valence-electron chi connectivity index (χ3n) is 5.59. The van der Waals surface area contributed by atoms with Gasteiger partial charge in [0.05, 0.1) is 31.4 Å². The van der Waals surface area contributed by atoms with E-state index >= 15 is 8.78 Å². The van der Waals surface area contributed by atoms with E-state index in [0.29, 0.717) is 0 Å². The van der Waals surface area contributed by atoms with Crippen LogP contribution >= 0.6 is 0 Å². The zero-order valence-corrected chi connectivity index (χ0v) is 19.0. The Morgan fingerprint density at radius 2 is 1.94 bits per heavy atom. The maximum atomic E-state index is 15.1. The Morgan fingerprint density at radius 1 is 1.22 bits per heavy atom. The van der Waals surface area contributed by atoms with Crippen molar-refractivity contribution in [3.05, 3.63) is 51.8 Å². The first-order chi connectivity index (χ1) is 17.1. The molecule has 2 saturated heterocycles. The number of halogens is 2. The summed E-state index contributed by atoms with van der Waals surface area (Å²) < 4.78 is 40.2. The van der Waals surface area contributed by atoms with E-state index in [4.69, 9.17) is 9.15 Å². The average Bonchev–Trinajstić information content (AvgIpc) is 3.38. The normalized spacial score (nSPS) is 18.1. The Kier molecular flexibility index (Phi) is 7.00. The lowest BCUT2D eigenvalue weighted by molar-refractivity contribution is -0.402. The van der Waals surface area contributed by atoms with E-state index in [1.54, 1.807) is 0 Å². The number of hydrogen-bond donors (Lipinski definition) is 2. The topological polar surface area (TPSA) is 151 Å². The van der Waals surface area contributed by atoms with Crippen LogP contribution in [0.2, 0.25) is 0 Å². The molecule has 0 saturated carbocycles. The highest BCUT2D eigenvalue weighted by Crippen LogP contribution is 2.31. The summed E-state index contributed by atoms with van der Waals surface area (Å²) in [6.45, 7) is 1.71. The molecule has 1 aromatic carbocycles. The van der Waals surface area contributed by atoms with Crippen LogP contribution in [0, 0.1) is 21.7 Å². The van der Waals surface area contributed by atoms with Gasteiger partial charge in [0, 0.05) is 38.7 Å². The molecular weight excluding hydrogens is 486 g/mol. The van der Waals surface area contributed by atoms with Crippen LogP contribution in [0.4, 0.5) is 30.8 Å². The number of amides is 3. The van der Waals surface area contributed by atoms with Gasteiger partial charge in [-0.05, 0) is 6.07 Å². The molecule has 0 aliphatic carbocycles. The summed E-state index contributed by atoms with van der Waals surface area (Å²) in [6, 6.07) is 4.27. The van der Waals surface area contributed by atoms with Gasteiger partial charge in [-0.3, -0.25) is 29.6 Å². The van der Waals surface area contributed by atoms with Crippen LogP contribution in [0.15, 0.2) is 28.7 Å². The van der Waals surface area contributed by atoms with Crippen LogP contribution in [0.1, 0.15) is 17.5 Å². The van der Waals surface area contributed by atoms with E-state index in [1.165, 1.54) is 17.9 Å². The molecule has 1 unspecified atom stereocenters. The summed E-state index contributed by atoms with van der Waals surface area (Å²) in [5.41, 5.74) is 2.45. The average molecular weight is 508 g/mol. The van der Waals surface area contributed by atoms with Gasteiger partial charge < -0.3 is 19.4 Å². The predicted molar refractivity (Wildman–Crippen MR) is 119 cm³/mol. The first-order valence-corrected chi connectivity index (χ1v) is 10.9. The van der Waals surface area contributed by atoms with Crippen LogP contribution in [-0.2, 0) is 9.53 Å². The molecular formula is C21H22F2N6O7. The van der Waals surface area contributed by atoms with Gasteiger partial charge in [-0.2, -0.15) is 0 Å². The molecule has 3 heterocycles. The molecule has 3 amide bonds. The summed E-state index contributed by atoms with van der Waals surface area (Å²) in [5, 5.41) is 14.5. The number of hydrogen-bond acceptors (Lipinski definition) is 9. The largest absolute Gasteiger partial charge is 0.442 e. The standard InChI is InChI=1S/C21H22F2N6O7/c1-12(30)24-10-14-11-27(21(32)35-14)13-8-15(22)19(16(23)9-13)26-5-4-25-28(7-6-26)20(31)17-2-3-18(36-17)29(33)34/h2-3,8-9,14,25H,4-7,10-11H2,1H3,(H,24,30). The number of cyclic esters (lactones) is 1. The smallest absolute Gasteiger partial charge is 0.433 e. The molecule has 192 valence electrons. The molecule has 2 fully saturated rings. The minimum Gasteiger partial charge on any atom is -0.442 e. The van der Waals surface area contributed by atoms with E-state index in [1.807, 2.05) is 0 Å². The molecule has 2 aliphatic heterocycles. The third-order valence-corrected chi connectivity index (χ3v) is 5.59. The zero-order valence-electron chi connectivity index (χ0n) is 19.0. The van der Waals surface area contributed by atoms with Crippen molar-refractivity contribution in [2.75, 3.05) is 49.1 Å². The monoisotopic (exact) mass is 508 g/mol. The van der Waals surface area contributed by atoms with Gasteiger partial charge in [0.1, 0.15) is 16.7 Å². The highest BCUT2D eigenvalue weighted by molar-refractivity contribution is 5.91. The Morgan fingerprint density at radius 3 is 2.58 bits per heavy atom. The Bertz CT molecular complexity index is 1180. The van der Waals surface area contributed by atoms with E-state index in [0.717, 1.165) is 28.1 Å². The number of nitrogens with one attached hydrogen (secondary N) is 2. The minimum atomic E-state index is -0.912. The Labute approximate surface area is 202 Å². The van der Waals surface area contributed by atoms with Gasteiger partial charge in [-0.1, -0.05) is 0 Å². The lowest BCUT2D eigenvalue weighted by atomic mass is 10.2. The molecule has 0 bridgehead atoms. The lowest BCUT2D eigenvalue weighted by Crippen LogP contribution is -2.43. The number of hydrazine groups is 1. The van der Waals surface area contributed by atoms with Crippen LogP contribution in [0.5, 0.6) is 0 Å².